The van der Waals surface area contributed by atoms with Crippen molar-refractivity contribution in [3.8, 4) is 0 Å². The Morgan fingerprint density at radius 2 is 2.00 bits per heavy atom. The van der Waals surface area contributed by atoms with E-state index in [9.17, 15) is 19.3 Å². The molecule has 1 atom stereocenters. The van der Waals surface area contributed by atoms with Crippen LogP contribution in [0.1, 0.15) is 31.1 Å². The number of nitro benzene ring substituents is 1. The third kappa shape index (κ3) is 3.40. The van der Waals surface area contributed by atoms with Gasteiger partial charge in [-0.3, -0.25) is 10.1 Å². The van der Waals surface area contributed by atoms with E-state index in [1.165, 1.54) is 0 Å². The lowest BCUT2D eigenvalue weighted by Crippen LogP contribution is -2.22. The second-order valence-corrected chi connectivity index (χ2v) is 4.59. The van der Waals surface area contributed by atoms with Crippen molar-refractivity contribution in [2.45, 2.75) is 26.8 Å². The standard InChI is InChI=1S/C12H15FN2O4/c1-6(2)7(3)14-10-4-8(12(16)17)9(13)5-11(10)15(18)19/h4-7,14H,1-3H3,(H,16,17). The number of halogens is 1. The second kappa shape index (κ2) is 5.64. The third-order valence-corrected chi connectivity index (χ3v) is 2.90. The van der Waals surface area contributed by atoms with Crippen molar-refractivity contribution < 1.29 is 19.2 Å². The molecule has 7 heteroatoms. The van der Waals surface area contributed by atoms with Crippen LogP contribution in [0.25, 0.3) is 0 Å². The number of anilines is 1. The van der Waals surface area contributed by atoms with Crippen LogP contribution in [0.5, 0.6) is 0 Å². The van der Waals surface area contributed by atoms with E-state index in [-0.39, 0.29) is 17.6 Å². The molecule has 0 aliphatic carbocycles. The van der Waals surface area contributed by atoms with Crippen molar-refractivity contribution in [1.82, 2.24) is 0 Å². The lowest BCUT2D eigenvalue weighted by molar-refractivity contribution is -0.384. The summed E-state index contributed by atoms with van der Waals surface area (Å²) >= 11 is 0. The Morgan fingerprint density at radius 1 is 1.42 bits per heavy atom. The van der Waals surface area contributed by atoms with Crippen molar-refractivity contribution >= 4 is 17.3 Å². The number of hydrogen-bond donors (Lipinski definition) is 2. The van der Waals surface area contributed by atoms with Crippen molar-refractivity contribution in [1.29, 1.82) is 0 Å². The van der Waals surface area contributed by atoms with Crippen LogP contribution in [-0.4, -0.2) is 22.0 Å². The molecule has 0 bridgehead atoms. The summed E-state index contributed by atoms with van der Waals surface area (Å²) in [6.07, 6.45) is 0. The van der Waals surface area contributed by atoms with Gasteiger partial charge in [0.1, 0.15) is 11.5 Å². The van der Waals surface area contributed by atoms with Crippen LogP contribution in [0.3, 0.4) is 0 Å². The van der Waals surface area contributed by atoms with Gasteiger partial charge in [0.2, 0.25) is 0 Å². The molecule has 1 unspecified atom stereocenters. The van der Waals surface area contributed by atoms with Gasteiger partial charge in [0, 0.05) is 6.04 Å². The summed E-state index contributed by atoms with van der Waals surface area (Å²) in [6, 6.07) is 1.46. The first-order chi connectivity index (χ1) is 8.73. The molecule has 6 nitrogen and oxygen atoms in total. The van der Waals surface area contributed by atoms with Gasteiger partial charge in [-0.05, 0) is 18.9 Å². The molecule has 0 saturated carbocycles. The number of aromatic carboxylic acids is 1. The van der Waals surface area contributed by atoms with Crippen molar-refractivity contribution in [2.24, 2.45) is 5.92 Å². The molecule has 0 aliphatic heterocycles. The Hall–Kier alpha value is -2.18. The van der Waals surface area contributed by atoms with E-state index < -0.39 is 28.0 Å². The second-order valence-electron chi connectivity index (χ2n) is 4.59. The van der Waals surface area contributed by atoms with Crippen LogP contribution in [0.2, 0.25) is 0 Å². The van der Waals surface area contributed by atoms with E-state index in [2.05, 4.69) is 5.32 Å². The molecule has 1 rings (SSSR count). The van der Waals surface area contributed by atoms with Gasteiger partial charge >= 0.3 is 5.97 Å². The van der Waals surface area contributed by atoms with Crippen molar-refractivity contribution in [2.75, 3.05) is 5.32 Å². The fourth-order valence-corrected chi connectivity index (χ4v) is 1.41. The lowest BCUT2D eigenvalue weighted by Gasteiger charge is -2.19. The van der Waals surface area contributed by atoms with Gasteiger partial charge in [-0.25, -0.2) is 9.18 Å². The number of nitro groups is 1. The van der Waals surface area contributed by atoms with Gasteiger partial charge in [-0.2, -0.15) is 0 Å². The fourth-order valence-electron chi connectivity index (χ4n) is 1.41. The number of benzene rings is 1. The van der Waals surface area contributed by atoms with Gasteiger partial charge in [0.25, 0.3) is 5.69 Å². The summed E-state index contributed by atoms with van der Waals surface area (Å²) in [5, 5.41) is 22.5. The molecule has 0 saturated heterocycles. The number of rotatable bonds is 5. The van der Waals surface area contributed by atoms with E-state index in [4.69, 9.17) is 5.11 Å². The largest absolute Gasteiger partial charge is 0.478 e. The quantitative estimate of drug-likeness (QED) is 0.634. The number of nitrogens with one attached hydrogen (secondary N) is 1. The van der Waals surface area contributed by atoms with Gasteiger partial charge < -0.3 is 10.4 Å². The normalized spacial score (nSPS) is 12.3. The minimum Gasteiger partial charge on any atom is -0.478 e. The topological polar surface area (TPSA) is 92.5 Å². The highest BCUT2D eigenvalue weighted by molar-refractivity contribution is 5.90. The molecule has 0 fully saturated rings. The van der Waals surface area contributed by atoms with Crippen LogP contribution in [0, 0.1) is 21.8 Å². The van der Waals surface area contributed by atoms with Crippen LogP contribution in [0.15, 0.2) is 12.1 Å². The van der Waals surface area contributed by atoms with Gasteiger partial charge in [-0.1, -0.05) is 13.8 Å². The van der Waals surface area contributed by atoms with E-state index in [0.717, 1.165) is 6.07 Å². The summed E-state index contributed by atoms with van der Waals surface area (Å²) in [5.41, 5.74) is -1.07. The molecular weight excluding hydrogens is 255 g/mol. The summed E-state index contributed by atoms with van der Waals surface area (Å²) in [7, 11) is 0. The predicted molar refractivity (Wildman–Crippen MR) is 67.9 cm³/mol. The van der Waals surface area contributed by atoms with Gasteiger partial charge in [0.05, 0.1) is 16.6 Å². The SMILES string of the molecule is CC(C)C(C)Nc1cc(C(=O)O)c(F)cc1[N+](=O)[O-]. The summed E-state index contributed by atoms with van der Waals surface area (Å²) < 4.78 is 13.4. The molecule has 0 aliphatic rings. The van der Waals surface area contributed by atoms with E-state index in [0.29, 0.717) is 6.07 Å². The maximum atomic E-state index is 13.4. The minimum atomic E-state index is -1.47. The Kier molecular flexibility index (Phi) is 4.42. The average Bonchev–Trinajstić information content (AvgIpc) is 2.29. The molecule has 1 aromatic carbocycles. The van der Waals surface area contributed by atoms with Gasteiger partial charge in [0.15, 0.2) is 0 Å². The zero-order chi connectivity index (χ0) is 14.7. The number of carboxylic acids is 1. The highest BCUT2D eigenvalue weighted by atomic mass is 19.1. The summed E-state index contributed by atoms with van der Waals surface area (Å²) in [4.78, 5) is 20.9. The molecule has 0 radical (unpaired) electrons. The summed E-state index contributed by atoms with van der Waals surface area (Å²) in [5.74, 6) is -2.41. The maximum absolute atomic E-state index is 13.4. The predicted octanol–water partition coefficient (Wildman–Crippen LogP) is 2.89. The van der Waals surface area contributed by atoms with Gasteiger partial charge in [-0.15, -0.1) is 0 Å². The van der Waals surface area contributed by atoms with Crippen molar-refractivity contribution in [3.63, 3.8) is 0 Å². The molecule has 0 spiro atoms. The van der Waals surface area contributed by atoms with E-state index in [1.807, 2.05) is 13.8 Å². The minimum absolute atomic E-state index is 0.00463. The molecule has 2 N–H and O–H groups in total. The first kappa shape index (κ1) is 14.9. The van der Waals surface area contributed by atoms with Crippen LogP contribution in [-0.2, 0) is 0 Å². The Morgan fingerprint density at radius 3 is 2.42 bits per heavy atom. The van der Waals surface area contributed by atoms with E-state index >= 15 is 0 Å². The Balaban J connectivity index is 3.29. The molecule has 104 valence electrons. The van der Waals surface area contributed by atoms with Crippen LogP contribution < -0.4 is 5.32 Å². The zero-order valence-electron chi connectivity index (χ0n) is 10.8. The number of carbonyl (C=O) groups is 1. The smallest absolute Gasteiger partial charge is 0.338 e. The monoisotopic (exact) mass is 270 g/mol. The molecular formula is C12H15FN2O4. The van der Waals surface area contributed by atoms with Crippen molar-refractivity contribution in [3.05, 3.63) is 33.6 Å². The van der Waals surface area contributed by atoms with Crippen LogP contribution >= 0.6 is 0 Å². The highest BCUT2D eigenvalue weighted by Gasteiger charge is 2.23. The number of hydrogen-bond acceptors (Lipinski definition) is 4. The Labute approximate surface area is 109 Å². The summed E-state index contributed by atoms with van der Waals surface area (Å²) in [6.45, 7) is 5.62. The molecule has 0 amide bonds. The first-order valence-electron chi connectivity index (χ1n) is 5.71. The van der Waals surface area contributed by atoms with E-state index in [1.54, 1.807) is 6.92 Å². The Bertz CT molecular complexity index is 517. The average molecular weight is 270 g/mol. The number of nitrogens with zero attached hydrogens (tertiary/aromatic N) is 1. The highest BCUT2D eigenvalue weighted by Crippen LogP contribution is 2.29. The molecule has 1 aromatic rings. The molecule has 0 aromatic heterocycles. The molecule has 19 heavy (non-hydrogen) atoms. The maximum Gasteiger partial charge on any atom is 0.338 e. The molecule has 0 heterocycles. The zero-order valence-corrected chi connectivity index (χ0v) is 10.8. The lowest BCUT2D eigenvalue weighted by atomic mass is 10.1. The third-order valence-electron chi connectivity index (χ3n) is 2.90. The first-order valence-corrected chi connectivity index (χ1v) is 5.71. The fraction of sp³-hybridized carbons (Fsp3) is 0.417. The van der Waals surface area contributed by atoms with Crippen LogP contribution in [0.4, 0.5) is 15.8 Å². The number of carboxylic acid groups (broad SMARTS) is 1.